The minimum absolute atomic E-state index is 0.0384. The second-order valence-electron chi connectivity index (χ2n) is 7.81. The monoisotopic (exact) mass is 445 g/mol. The van der Waals surface area contributed by atoms with Gasteiger partial charge in [-0.2, -0.15) is 5.10 Å². The van der Waals surface area contributed by atoms with Crippen LogP contribution in [0.25, 0.3) is 16.7 Å². The van der Waals surface area contributed by atoms with Crippen LogP contribution in [-0.2, 0) is 11.2 Å². The van der Waals surface area contributed by atoms with E-state index in [0.717, 1.165) is 18.5 Å². The largest absolute Gasteiger partial charge is 0.356 e. The number of aromatic nitrogens is 4. The molecular formula is C24H23N5O2S. The molecule has 1 N–H and O–H groups in total. The lowest BCUT2D eigenvalue weighted by atomic mass is 10.1. The summed E-state index contributed by atoms with van der Waals surface area (Å²) in [6.07, 6.45) is 3.64. The van der Waals surface area contributed by atoms with Crippen molar-refractivity contribution in [3.63, 3.8) is 0 Å². The van der Waals surface area contributed by atoms with Crippen molar-refractivity contribution in [1.29, 1.82) is 0 Å². The van der Waals surface area contributed by atoms with Crippen molar-refractivity contribution in [2.24, 2.45) is 0 Å². The SMILES string of the molecule is O=C(C[C@@H]1CSc2nc3c(cnn3-c3ccccc3)c(=O)n21)NCCCc1ccccc1. The highest BCUT2D eigenvalue weighted by Crippen LogP contribution is 2.33. The van der Waals surface area contributed by atoms with E-state index in [4.69, 9.17) is 4.98 Å². The fraction of sp³-hybridized carbons (Fsp3) is 0.250. The van der Waals surface area contributed by atoms with Crippen LogP contribution in [0.15, 0.2) is 76.8 Å². The molecule has 2 aromatic carbocycles. The highest BCUT2D eigenvalue weighted by Gasteiger charge is 2.29. The minimum Gasteiger partial charge on any atom is -0.356 e. The lowest BCUT2D eigenvalue weighted by Gasteiger charge is -2.13. The Morgan fingerprint density at radius 2 is 1.84 bits per heavy atom. The molecule has 0 saturated carbocycles. The minimum atomic E-state index is -0.200. The number of aryl methyl sites for hydroxylation is 1. The van der Waals surface area contributed by atoms with Crippen molar-refractivity contribution in [2.45, 2.75) is 30.5 Å². The Morgan fingerprint density at radius 1 is 1.09 bits per heavy atom. The highest BCUT2D eigenvalue weighted by atomic mass is 32.2. The molecule has 7 nitrogen and oxygen atoms in total. The lowest BCUT2D eigenvalue weighted by molar-refractivity contribution is -0.121. The topological polar surface area (TPSA) is 81.8 Å². The number of rotatable bonds is 7. The van der Waals surface area contributed by atoms with Gasteiger partial charge in [-0.25, -0.2) is 9.67 Å². The molecule has 3 heterocycles. The summed E-state index contributed by atoms with van der Waals surface area (Å²) in [5.41, 5.74) is 2.53. The molecule has 8 heteroatoms. The normalized spacial score (nSPS) is 15.1. The predicted molar refractivity (Wildman–Crippen MR) is 125 cm³/mol. The van der Waals surface area contributed by atoms with Gasteiger partial charge in [-0.3, -0.25) is 14.2 Å². The fourth-order valence-corrected chi connectivity index (χ4v) is 5.12. The highest BCUT2D eigenvalue weighted by molar-refractivity contribution is 7.99. The van der Waals surface area contributed by atoms with Gasteiger partial charge in [0.25, 0.3) is 5.56 Å². The van der Waals surface area contributed by atoms with E-state index in [2.05, 4.69) is 22.5 Å². The molecule has 0 aliphatic carbocycles. The molecule has 162 valence electrons. The van der Waals surface area contributed by atoms with E-state index in [9.17, 15) is 9.59 Å². The van der Waals surface area contributed by atoms with Gasteiger partial charge in [-0.15, -0.1) is 0 Å². The number of carbonyl (C=O) groups is 1. The van der Waals surface area contributed by atoms with Crippen LogP contribution in [0.4, 0.5) is 0 Å². The number of thioether (sulfide) groups is 1. The Balaban J connectivity index is 1.27. The van der Waals surface area contributed by atoms with Gasteiger partial charge in [0.2, 0.25) is 5.91 Å². The summed E-state index contributed by atoms with van der Waals surface area (Å²) in [7, 11) is 0. The number of hydrogen-bond acceptors (Lipinski definition) is 5. The lowest BCUT2D eigenvalue weighted by Crippen LogP contribution is -2.31. The Labute approximate surface area is 189 Å². The molecule has 0 unspecified atom stereocenters. The van der Waals surface area contributed by atoms with Gasteiger partial charge in [-0.05, 0) is 30.5 Å². The molecule has 1 aliphatic rings. The molecule has 1 atom stereocenters. The molecule has 0 fully saturated rings. The zero-order valence-electron chi connectivity index (χ0n) is 17.5. The van der Waals surface area contributed by atoms with Gasteiger partial charge in [0.1, 0.15) is 5.39 Å². The summed E-state index contributed by atoms with van der Waals surface area (Å²) in [6, 6.07) is 19.7. The molecule has 5 rings (SSSR count). The van der Waals surface area contributed by atoms with Crippen molar-refractivity contribution in [3.05, 3.63) is 82.8 Å². The van der Waals surface area contributed by atoms with Crippen molar-refractivity contribution < 1.29 is 4.79 Å². The average Bonchev–Trinajstić information content (AvgIpc) is 3.43. The molecule has 1 amide bonds. The van der Waals surface area contributed by atoms with Gasteiger partial charge in [-0.1, -0.05) is 60.3 Å². The van der Waals surface area contributed by atoms with E-state index < -0.39 is 0 Å². The zero-order valence-corrected chi connectivity index (χ0v) is 18.3. The maximum atomic E-state index is 13.2. The van der Waals surface area contributed by atoms with Gasteiger partial charge in [0.05, 0.1) is 17.9 Å². The van der Waals surface area contributed by atoms with Crippen molar-refractivity contribution in [1.82, 2.24) is 24.6 Å². The van der Waals surface area contributed by atoms with Gasteiger partial charge in [0.15, 0.2) is 10.8 Å². The first kappa shape index (κ1) is 20.5. The Hall–Kier alpha value is -3.39. The fourth-order valence-electron chi connectivity index (χ4n) is 3.99. The quantitative estimate of drug-likeness (QED) is 0.348. The van der Waals surface area contributed by atoms with Gasteiger partial charge < -0.3 is 5.32 Å². The smallest absolute Gasteiger partial charge is 0.265 e. The summed E-state index contributed by atoms with van der Waals surface area (Å²) < 4.78 is 3.35. The number of para-hydroxylation sites is 1. The summed E-state index contributed by atoms with van der Waals surface area (Å²) in [6.45, 7) is 0.622. The first-order valence-corrected chi connectivity index (χ1v) is 11.7. The third-order valence-corrected chi connectivity index (χ3v) is 6.70. The molecule has 0 bridgehead atoms. The maximum Gasteiger partial charge on any atom is 0.265 e. The molecule has 32 heavy (non-hydrogen) atoms. The van der Waals surface area contributed by atoms with E-state index in [-0.39, 0.29) is 23.9 Å². The summed E-state index contributed by atoms with van der Waals surface area (Å²) in [4.78, 5) is 30.4. The number of benzene rings is 2. The van der Waals surface area contributed by atoms with E-state index in [1.54, 1.807) is 15.4 Å². The van der Waals surface area contributed by atoms with Crippen LogP contribution >= 0.6 is 11.8 Å². The second kappa shape index (κ2) is 9.00. The van der Waals surface area contributed by atoms with Crippen LogP contribution in [0.3, 0.4) is 0 Å². The molecule has 0 radical (unpaired) electrons. The molecule has 4 aromatic rings. The van der Waals surface area contributed by atoms with Crippen LogP contribution in [-0.4, -0.2) is 37.5 Å². The summed E-state index contributed by atoms with van der Waals surface area (Å²) in [5.74, 6) is 0.619. The number of carbonyl (C=O) groups excluding carboxylic acids is 1. The molecule has 2 aromatic heterocycles. The third-order valence-electron chi connectivity index (χ3n) is 5.60. The Kier molecular flexibility index (Phi) is 5.77. The standard InChI is InChI=1S/C24H23N5O2S/c30-21(25-13-7-10-17-8-3-1-4-9-17)14-19-16-32-24-27-22-20(23(31)28(19)24)15-26-29(22)18-11-5-2-6-12-18/h1-6,8-9,11-12,15,19H,7,10,13-14,16H2,(H,25,30)/t19-/m1/s1. The third kappa shape index (κ3) is 4.05. The molecule has 0 spiro atoms. The Bertz CT molecular complexity index is 1300. The van der Waals surface area contributed by atoms with Gasteiger partial charge in [0, 0.05) is 18.7 Å². The van der Waals surface area contributed by atoms with Crippen molar-refractivity contribution in [2.75, 3.05) is 12.3 Å². The maximum absolute atomic E-state index is 13.2. The zero-order chi connectivity index (χ0) is 21.9. The molecular weight excluding hydrogens is 422 g/mol. The van der Waals surface area contributed by atoms with Crippen molar-refractivity contribution in [3.8, 4) is 5.69 Å². The van der Waals surface area contributed by atoms with Crippen LogP contribution in [0.1, 0.15) is 24.4 Å². The van der Waals surface area contributed by atoms with E-state index in [1.165, 1.54) is 17.3 Å². The Morgan fingerprint density at radius 3 is 2.62 bits per heavy atom. The average molecular weight is 446 g/mol. The number of hydrogen-bond donors (Lipinski definition) is 1. The first-order chi connectivity index (χ1) is 15.7. The second-order valence-corrected chi connectivity index (χ2v) is 8.79. The number of nitrogens with zero attached hydrogens (tertiary/aromatic N) is 4. The number of amides is 1. The van der Waals surface area contributed by atoms with E-state index >= 15 is 0 Å². The predicted octanol–water partition coefficient (Wildman–Crippen LogP) is 3.37. The van der Waals surface area contributed by atoms with Crippen LogP contribution < -0.4 is 10.9 Å². The van der Waals surface area contributed by atoms with Gasteiger partial charge >= 0.3 is 0 Å². The van der Waals surface area contributed by atoms with Crippen LogP contribution in [0, 0.1) is 0 Å². The summed E-state index contributed by atoms with van der Waals surface area (Å²) >= 11 is 1.51. The number of nitrogens with one attached hydrogen (secondary N) is 1. The van der Waals surface area contributed by atoms with E-state index in [0.29, 0.717) is 28.5 Å². The first-order valence-electron chi connectivity index (χ1n) is 10.7. The molecule has 1 aliphatic heterocycles. The van der Waals surface area contributed by atoms with E-state index in [1.807, 2.05) is 48.5 Å². The summed E-state index contributed by atoms with van der Waals surface area (Å²) in [5, 5.41) is 8.48. The van der Waals surface area contributed by atoms with Crippen LogP contribution in [0.5, 0.6) is 0 Å². The van der Waals surface area contributed by atoms with Crippen molar-refractivity contribution >= 4 is 28.7 Å². The molecule has 0 saturated heterocycles. The number of fused-ring (bicyclic) bond motifs is 2. The van der Waals surface area contributed by atoms with Crippen LogP contribution in [0.2, 0.25) is 0 Å².